The van der Waals surface area contributed by atoms with Crippen LogP contribution in [0.5, 0.6) is 17.2 Å². The molecule has 3 heterocycles. The van der Waals surface area contributed by atoms with E-state index in [1.165, 1.54) is 0 Å². The van der Waals surface area contributed by atoms with Gasteiger partial charge < -0.3 is 28.4 Å². The summed E-state index contributed by atoms with van der Waals surface area (Å²) >= 11 is 0. The van der Waals surface area contributed by atoms with Crippen LogP contribution in [0.3, 0.4) is 0 Å². The third kappa shape index (κ3) is 8.59. The highest BCUT2D eigenvalue weighted by Gasteiger charge is 2.47. The minimum Gasteiger partial charge on any atom is -0.465 e. The number of halogens is 5. The third-order valence-corrected chi connectivity index (χ3v) is 14.8. The maximum Gasteiger partial charge on any atom is 0.428 e. The monoisotopic (exact) mass is 811 g/mol. The number of hydrogen-bond donors (Lipinski definition) is 0. The Kier molecular flexibility index (Phi) is 12.2. The summed E-state index contributed by atoms with van der Waals surface area (Å²) in [5.74, 6) is -11.2. The first-order chi connectivity index (χ1) is 26.5. The van der Waals surface area contributed by atoms with Crippen LogP contribution in [-0.4, -0.2) is 50.7 Å². The molecule has 1 N–H and O–H groups in total. The van der Waals surface area contributed by atoms with Gasteiger partial charge in [-0.15, -0.1) is 8.42 Å². The fourth-order valence-electron chi connectivity index (χ4n) is 6.55. The third-order valence-electron chi connectivity index (χ3n) is 9.35. The van der Waals surface area contributed by atoms with Crippen molar-refractivity contribution in [3.63, 3.8) is 0 Å². The maximum atomic E-state index is 15.3. The van der Waals surface area contributed by atoms with Crippen LogP contribution >= 0.6 is 10.3 Å². The minimum atomic E-state index is -5.67. The summed E-state index contributed by atoms with van der Waals surface area (Å²) in [7, 11) is -9.22. The van der Waals surface area contributed by atoms with Crippen molar-refractivity contribution in [3.05, 3.63) is 102 Å². The van der Waals surface area contributed by atoms with Gasteiger partial charge in [-0.2, -0.15) is 0 Å². The molecule has 3 unspecified atom stereocenters. The van der Waals surface area contributed by atoms with Gasteiger partial charge in [0.15, 0.2) is 42.1 Å². The van der Waals surface area contributed by atoms with Gasteiger partial charge in [0.1, 0.15) is 17.2 Å². The van der Waals surface area contributed by atoms with Crippen molar-refractivity contribution in [2.75, 3.05) is 19.8 Å². The quantitative estimate of drug-likeness (QED) is 0.0459. The highest BCUT2D eigenvalue weighted by atomic mass is 32.3. The summed E-state index contributed by atoms with van der Waals surface area (Å²) in [6.07, 6.45) is 5.90. The number of ether oxygens (including phenoxy) is 6. The van der Waals surface area contributed by atoms with E-state index in [4.69, 9.17) is 28.4 Å². The van der Waals surface area contributed by atoms with Gasteiger partial charge in [0.25, 0.3) is 0 Å². The molecular formula is C39H40F5O9S2+. The van der Waals surface area contributed by atoms with Crippen LogP contribution in [0.4, 0.5) is 22.0 Å². The van der Waals surface area contributed by atoms with Crippen LogP contribution in [0.15, 0.2) is 92.4 Å². The molecular weight excluding hydrogens is 772 g/mol. The van der Waals surface area contributed by atoms with E-state index in [2.05, 4.69) is 3.63 Å². The molecule has 3 aliphatic heterocycles. The largest absolute Gasteiger partial charge is 0.465 e. The van der Waals surface area contributed by atoms with Gasteiger partial charge in [-0.05, 0) is 111 Å². The molecule has 3 atom stereocenters. The van der Waals surface area contributed by atoms with E-state index in [-0.39, 0.29) is 14.7 Å². The highest BCUT2D eigenvalue weighted by molar-refractivity contribution is 8.32. The minimum absolute atomic E-state index is 0.227. The Morgan fingerprint density at radius 3 is 1.07 bits per heavy atom. The van der Waals surface area contributed by atoms with Crippen molar-refractivity contribution in [2.24, 2.45) is 0 Å². The predicted molar refractivity (Wildman–Crippen MR) is 190 cm³/mol. The van der Waals surface area contributed by atoms with Crippen molar-refractivity contribution >= 4 is 20.4 Å². The number of hydrogen-bond acceptors (Lipinski definition) is 8. The second-order valence-corrected chi connectivity index (χ2v) is 17.7. The fourth-order valence-corrected chi connectivity index (χ4v) is 12.1. The van der Waals surface area contributed by atoms with Crippen molar-refractivity contribution in [3.8, 4) is 17.2 Å². The zero-order valence-corrected chi connectivity index (χ0v) is 31.2. The summed E-state index contributed by atoms with van der Waals surface area (Å²) in [4.78, 5) is -1.39. The first-order valence-electron chi connectivity index (χ1n) is 18.0. The van der Waals surface area contributed by atoms with E-state index < -0.39 is 73.3 Å². The lowest BCUT2D eigenvalue weighted by atomic mass is 10.2. The lowest BCUT2D eigenvalue weighted by Gasteiger charge is -2.35. The second kappa shape index (κ2) is 17.1. The lowest BCUT2D eigenvalue weighted by Crippen LogP contribution is -2.25. The topological polar surface area (TPSA) is 102 Å². The van der Waals surface area contributed by atoms with E-state index in [0.717, 1.165) is 38.5 Å². The Balaban J connectivity index is 1.36. The van der Waals surface area contributed by atoms with Crippen molar-refractivity contribution < 1.29 is 62.4 Å². The van der Waals surface area contributed by atoms with Gasteiger partial charge in [0.05, 0.1) is 44.8 Å². The smallest absolute Gasteiger partial charge is 0.428 e. The van der Waals surface area contributed by atoms with Crippen LogP contribution in [0.25, 0.3) is 0 Å². The molecule has 0 bridgehead atoms. The molecule has 296 valence electrons. The van der Waals surface area contributed by atoms with E-state index in [9.17, 15) is 21.6 Å². The van der Waals surface area contributed by atoms with E-state index in [1.54, 1.807) is 72.8 Å². The van der Waals surface area contributed by atoms with Gasteiger partial charge in [0.2, 0.25) is 10.7 Å². The normalized spacial score (nSPS) is 22.3. The predicted octanol–water partition coefficient (Wildman–Crippen LogP) is 9.78. The molecule has 4 aromatic rings. The standard InChI is InChI=1S/C39H39F5O9S2/c40-34-35(41)37(43)39(38(44)36(34)42)55(45,46)53-54(28-16-10-25(11-17-28)50-31-7-1-4-22-47-31,29-18-12-26(13-19-29)51-32-8-2-5-23-48-32)30-20-14-27(15-21-30)52-33-9-3-6-24-49-33/h10-21,31-33H,1-9,22-24H2/p+1. The summed E-state index contributed by atoms with van der Waals surface area (Å²) in [5, 5.41) is 0. The number of benzene rings is 4. The molecule has 0 aliphatic carbocycles. The average molecular weight is 812 g/mol. The molecule has 0 amide bonds. The first kappa shape index (κ1) is 39.3. The molecule has 9 nitrogen and oxygen atoms in total. The zero-order valence-electron chi connectivity index (χ0n) is 29.6. The molecule has 3 aliphatic rings. The molecule has 0 radical (unpaired) electrons. The van der Waals surface area contributed by atoms with E-state index in [1.807, 2.05) is 0 Å². The van der Waals surface area contributed by atoms with Gasteiger partial charge >= 0.3 is 10.1 Å². The Morgan fingerprint density at radius 2 is 0.782 bits per heavy atom. The Morgan fingerprint density at radius 1 is 0.473 bits per heavy atom. The van der Waals surface area contributed by atoms with Gasteiger partial charge in [-0.1, -0.05) is 0 Å². The summed E-state index contributed by atoms with van der Waals surface area (Å²) in [6, 6.07) is 18.7. The van der Waals surface area contributed by atoms with Crippen LogP contribution in [0, 0.1) is 29.1 Å². The Hall–Kier alpha value is -3.93. The molecule has 0 saturated carbocycles. The summed E-state index contributed by atoms with van der Waals surface area (Å²) in [5.41, 5.74) is 0. The molecule has 7 rings (SSSR count). The molecule has 3 fully saturated rings. The molecule has 16 heteroatoms. The lowest BCUT2D eigenvalue weighted by molar-refractivity contribution is -0.106. The van der Waals surface area contributed by atoms with Crippen molar-refractivity contribution in [2.45, 2.75) is 96.2 Å². The second-order valence-electron chi connectivity index (χ2n) is 13.2. The highest BCUT2D eigenvalue weighted by Crippen LogP contribution is 2.69. The zero-order chi connectivity index (χ0) is 38.6. The average Bonchev–Trinajstić information content (AvgIpc) is 3.20. The molecule has 55 heavy (non-hydrogen) atoms. The summed E-state index contributed by atoms with van der Waals surface area (Å²) in [6.45, 7) is 1.59. The first-order valence-corrected chi connectivity index (χ1v) is 21.1. The van der Waals surface area contributed by atoms with Gasteiger partial charge in [-0.25, -0.2) is 22.0 Å². The van der Waals surface area contributed by atoms with Crippen molar-refractivity contribution in [1.82, 2.24) is 0 Å². The van der Waals surface area contributed by atoms with Crippen molar-refractivity contribution in [1.29, 1.82) is 0 Å². The van der Waals surface area contributed by atoms with E-state index in [0.29, 0.717) is 56.3 Å². The van der Waals surface area contributed by atoms with Gasteiger partial charge in [-0.3, -0.25) is 3.63 Å². The molecule has 0 aromatic heterocycles. The SMILES string of the molecule is O=S(=O)([OH+]S(c1ccc(OC2CCCCO2)cc1)(c1ccc(OC2CCCCO2)cc1)c1ccc(OC2CCCCO2)cc1)c1c(F)c(F)c(F)c(F)c1F. The molecule has 0 spiro atoms. The maximum absolute atomic E-state index is 15.3. The number of rotatable bonds is 12. The van der Waals surface area contributed by atoms with Gasteiger partial charge in [0, 0.05) is 19.3 Å². The van der Waals surface area contributed by atoms with Crippen LogP contribution in [-0.2, 0) is 24.3 Å². The fraction of sp³-hybridized carbons (Fsp3) is 0.385. The van der Waals surface area contributed by atoms with Crippen LogP contribution in [0.1, 0.15) is 57.8 Å². The Labute approximate surface area is 317 Å². The molecule has 3 saturated heterocycles. The molecule has 4 aromatic carbocycles. The summed E-state index contributed by atoms with van der Waals surface area (Å²) < 4.78 is 141. The van der Waals surface area contributed by atoms with E-state index >= 15 is 8.78 Å². The van der Waals surface area contributed by atoms with Crippen LogP contribution < -0.4 is 14.2 Å². The van der Waals surface area contributed by atoms with Crippen LogP contribution in [0.2, 0.25) is 0 Å². The Bertz CT molecular complexity index is 1850.